The van der Waals surface area contributed by atoms with Crippen molar-refractivity contribution >= 4 is 34.5 Å². The van der Waals surface area contributed by atoms with Gasteiger partial charge >= 0.3 is 0 Å². The summed E-state index contributed by atoms with van der Waals surface area (Å²) in [5, 5.41) is 6.11. The average Bonchev–Trinajstić information content (AvgIpc) is 3.06. The molecule has 0 spiro atoms. The van der Waals surface area contributed by atoms with Gasteiger partial charge in [0.05, 0.1) is 18.6 Å². The Bertz CT molecular complexity index is 821. The predicted octanol–water partition coefficient (Wildman–Crippen LogP) is 1.91. The van der Waals surface area contributed by atoms with Crippen molar-refractivity contribution < 1.29 is 4.79 Å². The molecule has 9 heteroatoms. The first-order valence-electron chi connectivity index (χ1n) is 7.49. The van der Waals surface area contributed by atoms with E-state index < -0.39 is 0 Å². The fourth-order valence-corrected chi connectivity index (χ4v) is 2.34. The van der Waals surface area contributed by atoms with E-state index in [0.717, 1.165) is 5.69 Å². The zero-order valence-electron chi connectivity index (χ0n) is 12.8. The first-order chi connectivity index (χ1) is 11.7. The highest BCUT2D eigenvalue weighted by Gasteiger charge is 2.08. The summed E-state index contributed by atoms with van der Waals surface area (Å²) >= 11 is 5.86. The fraction of sp³-hybridized carbons (Fsp3) is 0.267. The monoisotopic (exact) mass is 345 g/mol. The molecular formula is C15H16ClN7O. The minimum atomic E-state index is -0.0186. The maximum atomic E-state index is 11.8. The van der Waals surface area contributed by atoms with Crippen LogP contribution in [-0.4, -0.2) is 37.4 Å². The van der Waals surface area contributed by atoms with Gasteiger partial charge in [-0.05, 0) is 30.2 Å². The molecule has 0 fully saturated rings. The Morgan fingerprint density at radius 2 is 2.17 bits per heavy atom. The van der Waals surface area contributed by atoms with Crippen LogP contribution < -0.4 is 10.6 Å². The third kappa shape index (κ3) is 4.17. The number of carbonyl (C=O) groups excluding carboxylic acids is 1. The molecule has 0 saturated heterocycles. The molecule has 0 aliphatic heterocycles. The number of imidazole rings is 1. The lowest BCUT2D eigenvalue weighted by Gasteiger charge is -2.07. The summed E-state index contributed by atoms with van der Waals surface area (Å²) in [5.74, 6) is 0.561. The Labute approximate surface area is 143 Å². The van der Waals surface area contributed by atoms with Crippen LogP contribution in [0.25, 0.3) is 11.2 Å². The van der Waals surface area contributed by atoms with Crippen LogP contribution >= 0.6 is 11.6 Å². The number of aromatic amines is 1. The predicted molar refractivity (Wildman–Crippen MR) is 90.5 cm³/mol. The van der Waals surface area contributed by atoms with Crippen molar-refractivity contribution in [3.63, 3.8) is 0 Å². The van der Waals surface area contributed by atoms with Crippen molar-refractivity contribution in [1.82, 2.24) is 30.2 Å². The van der Waals surface area contributed by atoms with Crippen LogP contribution in [0.2, 0.25) is 5.28 Å². The van der Waals surface area contributed by atoms with Gasteiger partial charge in [-0.3, -0.25) is 9.78 Å². The summed E-state index contributed by atoms with van der Waals surface area (Å²) in [6.45, 7) is 1.02. The molecule has 0 saturated carbocycles. The second-order valence-corrected chi connectivity index (χ2v) is 5.41. The zero-order chi connectivity index (χ0) is 16.8. The molecule has 3 aromatic rings. The standard InChI is InChI=1S/C15H16ClN7O/c16-15-22-13(12-14(23-15)21-9-20-12)18-7-3-5-11(24)19-8-10-4-1-2-6-17-10/h1-2,4,6,9H,3,5,7-8H2,(H,19,24)(H2,18,20,21,22,23). The summed E-state index contributed by atoms with van der Waals surface area (Å²) in [4.78, 5) is 31.1. The van der Waals surface area contributed by atoms with E-state index in [1.54, 1.807) is 6.20 Å². The molecule has 0 aliphatic rings. The largest absolute Gasteiger partial charge is 0.368 e. The van der Waals surface area contributed by atoms with E-state index in [1.807, 2.05) is 18.2 Å². The molecule has 3 heterocycles. The molecule has 8 nitrogen and oxygen atoms in total. The SMILES string of the molecule is O=C(CCCNc1nc(Cl)nc2nc[nH]c12)NCc1ccccn1. The fourth-order valence-electron chi connectivity index (χ4n) is 2.17. The lowest BCUT2D eigenvalue weighted by Crippen LogP contribution is -2.23. The second kappa shape index (κ2) is 7.69. The third-order valence-corrected chi connectivity index (χ3v) is 3.49. The smallest absolute Gasteiger partial charge is 0.226 e. The topological polar surface area (TPSA) is 108 Å². The lowest BCUT2D eigenvalue weighted by atomic mass is 10.3. The molecule has 124 valence electrons. The lowest BCUT2D eigenvalue weighted by molar-refractivity contribution is -0.121. The number of anilines is 1. The van der Waals surface area contributed by atoms with Crippen LogP contribution in [0.3, 0.4) is 0 Å². The molecule has 0 atom stereocenters. The normalized spacial score (nSPS) is 10.7. The van der Waals surface area contributed by atoms with Gasteiger partial charge in [-0.25, -0.2) is 4.98 Å². The molecule has 24 heavy (non-hydrogen) atoms. The number of nitrogens with one attached hydrogen (secondary N) is 3. The molecule has 0 aliphatic carbocycles. The van der Waals surface area contributed by atoms with E-state index >= 15 is 0 Å². The Balaban J connectivity index is 1.43. The molecule has 0 radical (unpaired) electrons. The maximum Gasteiger partial charge on any atom is 0.226 e. The van der Waals surface area contributed by atoms with Crippen molar-refractivity contribution in [1.29, 1.82) is 0 Å². The van der Waals surface area contributed by atoms with Gasteiger partial charge in [-0.2, -0.15) is 9.97 Å². The van der Waals surface area contributed by atoms with Gasteiger partial charge < -0.3 is 15.6 Å². The molecular weight excluding hydrogens is 330 g/mol. The van der Waals surface area contributed by atoms with Crippen molar-refractivity contribution in [3.05, 3.63) is 41.7 Å². The number of aromatic nitrogens is 5. The van der Waals surface area contributed by atoms with Crippen LogP contribution in [0.15, 0.2) is 30.7 Å². The van der Waals surface area contributed by atoms with E-state index in [4.69, 9.17) is 11.6 Å². The number of nitrogens with zero attached hydrogens (tertiary/aromatic N) is 4. The minimum Gasteiger partial charge on any atom is -0.368 e. The highest BCUT2D eigenvalue weighted by Crippen LogP contribution is 2.18. The highest BCUT2D eigenvalue weighted by atomic mass is 35.5. The average molecular weight is 346 g/mol. The van der Waals surface area contributed by atoms with Crippen molar-refractivity contribution in [2.45, 2.75) is 19.4 Å². The van der Waals surface area contributed by atoms with Crippen LogP contribution in [-0.2, 0) is 11.3 Å². The number of carbonyl (C=O) groups is 1. The summed E-state index contributed by atoms with van der Waals surface area (Å²) in [6, 6.07) is 5.60. The third-order valence-electron chi connectivity index (χ3n) is 3.32. The van der Waals surface area contributed by atoms with E-state index in [0.29, 0.717) is 42.9 Å². The van der Waals surface area contributed by atoms with E-state index in [9.17, 15) is 4.79 Å². The number of fused-ring (bicyclic) bond motifs is 1. The van der Waals surface area contributed by atoms with Gasteiger partial charge in [0.15, 0.2) is 11.5 Å². The van der Waals surface area contributed by atoms with Crippen LogP contribution in [0.4, 0.5) is 5.82 Å². The maximum absolute atomic E-state index is 11.8. The molecule has 0 bridgehead atoms. The van der Waals surface area contributed by atoms with Crippen LogP contribution in [0.5, 0.6) is 0 Å². The highest BCUT2D eigenvalue weighted by molar-refractivity contribution is 6.28. The first-order valence-corrected chi connectivity index (χ1v) is 7.87. The Hall–Kier alpha value is -2.74. The van der Waals surface area contributed by atoms with Crippen LogP contribution in [0.1, 0.15) is 18.5 Å². The first kappa shape index (κ1) is 16.1. The van der Waals surface area contributed by atoms with Crippen molar-refractivity contribution in [3.8, 4) is 0 Å². The summed E-state index contributed by atoms with van der Waals surface area (Å²) in [6.07, 6.45) is 4.30. The summed E-state index contributed by atoms with van der Waals surface area (Å²) in [7, 11) is 0. The van der Waals surface area contributed by atoms with Gasteiger partial charge in [-0.1, -0.05) is 6.07 Å². The van der Waals surface area contributed by atoms with Gasteiger partial charge in [0.2, 0.25) is 11.2 Å². The molecule has 3 N–H and O–H groups in total. The van der Waals surface area contributed by atoms with Gasteiger partial charge in [0.25, 0.3) is 0 Å². The number of rotatable bonds is 7. The summed E-state index contributed by atoms with van der Waals surface area (Å²) in [5.41, 5.74) is 2.03. The summed E-state index contributed by atoms with van der Waals surface area (Å²) < 4.78 is 0. The van der Waals surface area contributed by atoms with Gasteiger partial charge in [-0.15, -0.1) is 0 Å². The van der Waals surface area contributed by atoms with E-state index in [2.05, 4.69) is 35.6 Å². The quantitative estimate of drug-likeness (QED) is 0.446. The van der Waals surface area contributed by atoms with Crippen molar-refractivity contribution in [2.75, 3.05) is 11.9 Å². The van der Waals surface area contributed by atoms with Crippen LogP contribution in [0, 0.1) is 0 Å². The van der Waals surface area contributed by atoms with E-state index in [-0.39, 0.29) is 11.2 Å². The Kier molecular flexibility index (Phi) is 5.17. The van der Waals surface area contributed by atoms with Crippen molar-refractivity contribution in [2.24, 2.45) is 0 Å². The number of amides is 1. The molecule has 3 aromatic heterocycles. The number of halogens is 1. The minimum absolute atomic E-state index is 0.0186. The molecule has 0 aromatic carbocycles. The Morgan fingerprint density at radius 1 is 1.25 bits per heavy atom. The van der Waals surface area contributed by atoms with Gasteiger partial charge in [0.1, 0.15) is 5.52 Å². The number of hydrogen-bond acceptors (Lipinski definition) is 6. The Morgan fingerprint density at radius 3 is 3.00 bits per heavy atom. The van der Waals surface area contributed by atoms with Gasteiger partial charge in [0, 0.05) is 19.2 Å². The molecule has 3 rings (SSSR count). The number of H-pyrrole nitrogens is 1. The molecule has 0 unspecified atom stereocenters. The van der Waals surface area contributed by atoms with E-state index in [1.165, 1.54) is 6.33 Å². The zero-order valence-corrected chi connectivity index (χ0v) is 13.5. The number of hydrogen-bond donors (Lipinski definition) is 3. The second-order valence-electron chi connectivity index (χ2n) is 5.07. The molecule has 1 amide bonds. The number of pyridine rings is 1.